The molecule has 7 heteroatoms. The molecule has 0 radical (unpaired) electrons. The van der Waals surface area contributed by atoms with Crippen LogP contribution in [0.1, 0.15) is 0 Å². The molecule has 2 heterocycles. The van der Waals surface area contributed by atoms with Crippen molar-refractivity contribution in [3.05, 3.63) is 12.3 Å². The number of hydrogen-bond acceptors (Lipinski definition) is 5. The third kappa shape index (κ3) is 1.71. The lowest BCUT2D eigenvalue weighted by Gasteiger charge is -2.02. The lowest BCUT2D eigenvalue weighted by Crippen LogP contribution is -2.12. The Kier molecular flexibility index (Phi) is 2.20. The monoisotopic (exact) mass is 207 g/mol. The van der Waals surface area contributed by atoms with Crippen LogP contribution < -0.4 is 5.32 Å². The molecule has 2 N–H and O–H groups in total. The van der Waals surface area contributed by atoms with Crippen LogP contribution in [-0.2, 0) is 11.8 Å². The van der Waals surface area contributed by atoms with Crippen LogP contribution in [0.5, 0.6) is 0 Å². The van der Waals surface area contributed by atoms with E-state index in [2.05, 4.69) is 20.6 Å². The Bertz CT molecular complexity index is 507. The molecule has 0 amide bonds. The van der Waals surface area contributed by atoms with Crippen LogP contribution >= 0.6 is 0 Å². The number of nitrogens with one attached hydrogen (secondary N) is 1. The first-order valence-electron chi connectivity index (χ1n) is 4.28. The van der Waals surface area contributed by atoms with E-state index in [1.54, 1.807) is 19.3 Å². The number of aryl methyl sites for hydroxylation is 1. The van der Waals surface area contributed by atoms with Crippen LogP contribution in [-0.4, -0.2) is 37.6 Å². The van der Waals surface area contributed by atoms with Crippen LogP contribution in [0.4, 0.5) is 5.69 Å². The van der Waals surface area contributed by atoms with E-state index < -0.39 is 5.97 Å². The molecule has 2 aromatic rings. The van der Waals surface area contributed by atoms with E-state index in [4.69, 9.17) is 5.11 Å². The molecule has 0 aromatic carbocycles. The Morgan fingerprint density at radius 1 is 1.67 bits per heavy atom. The van der Waals surface area contributed by atoms with Gasteiger partial charge in [-0.15, -0.1) is 5.10 Å². The zero-order chi connectivity index (χ0) is 10.8. The maximum atomic E-state index is 10.4. The number of aromatic nitrogens is 4. The van der Waals surface area contributed by atoms with Crippen molar-refractivity contribution in [2.75, 3.05) is 11.9 Å². The van der Waals surface area contributed by atoms with Gasteiger partial charge in [-0.3, -0.25) is 4.79 Å². The molecule has 7 nitrogen and oxygen atoms in total. The molecule has 0 saturated heterocycles. The second-order valence-electron chi connectivity index (χ2n) is 2.99. The maximum Gasteiger partial charge on any atom is 0.322 e. The van der Waals surface area contributed by atoms with E-state index in [1.807, 2.05) is 0 Å². The van der Waals surface area contributed by atoms with Crippen molar-refractivity contribution >= 4 is 22.8 Å². The lowest BCUT2D eigenvalue weighted by molar-refractivity contribution is -0.134. The summed E-state index contributed by atoms with van der Waals surface area (Å²) in [5, 5.41) is 19.0. The summed E-state index contributed by atoms with van der Waals surface area (Å²) in [5.41, 5.74) is 1.81. The summed E-state index contributed by atoms with van der Waals surface area (Å²) in [6.45, 7) is -0.157. The number of carbonyl (C=O) groups is 1. The third-order valence-corrected chi connectivity index (χ3v) is 1.92. The molecule has 0 saturated carbocycles. The smallest absolute Gasteiger partial charge is 0.322 e. The Balaban J connectivity index is 2.38. The number of carboxylic acid groups (broad SMARTS) is 1. The van der Waals surface area contributed by atoms with E-state index in [-0.39, 0.29) is 6.54 Å². The topological polar surface area (TPSA) is 92.9 Å². The summed E-state index contributed by atoms with van der Waals surface area (Å²) in [7, 11) is 1.73. The lowest BCUT2D eigenvalue weighted by atomic mass is 10.3. The molecule has 78 valence electrons. The fourth-order valence-electron chi connectivity index (χ4n) is 1.25. The van der Waals surface area contributed by atoms with Crippen LogP contribution in [0, 0.1) is 0 Å². The zero-order valence-corrected chi connectivity index (χ0v) is 8.01. The van der Waals surface area contributed by atoms with Crippen LogP contribution in [0.2, 0.25) is 0 Å². The summed E-state index contributed by atoms with van der Waals surface area (Å²) >= 11 is 0. The number of anilines is 1. The van der Waals surface area contributed by atoms with Crippen molar-refractivity contribution in [1.82, 2.24) is 20.0 Å². The average Bonchev–Trinajstić information content (AvgIpc) is 2.58. The SMILES string of the molecule is Cn1nnc2c(NCC(=O)O)ccnc21. The third-order valence-electron chi connectivity index (χ3n) is 1.92. The van der Waals surface area contributed by atoms with Gasteiger partial charge in [0.25, 0.3) is 0 Å². The van der Waals surface area contributed by atoms with Gasteiger partial charge in [-0.1, -0.05) is 5.21 Å². The predicted molar refractivity (Wildman–Crippen MR) is 52.4 cm³/mol. The Labute approximate surface area is 84.7 Å². The first kappa shape index (κ1) is 9.38. The molecule has 0 unspecified atom stereocenters. The normalized spacial score (nSPS) is 10.5. The minimum atomic E-state index is -0.927. The van der Waals surface area contributed by atoms with E-state index in [1.165, 1.54) is 4.68 Å². The fraction of sp³-hybridized carbons (Fsp3) is 0.250. The van der Waals surface area contributed by atoms with E-state index in [0.717, 1.165) is 0 Å². The number of pyridine rings is 1. The first-order chi connectivity index (χ1) is 7.18. The number of rotatable bonds is 3. The fourth-order valence-corrected chi connectivity index (χ4v) is 1.25. The molecule has 0 fully saturated rings. The number of carboxylic acids is 1. The van der Waals surface area contributed by atoms with Crippen LogP contribution in [0.3, 0.4) is 0 Å². The molecule has 2 rings (SSSR count). The molecule has 0 bridgehead atoms. The molecule has 0 spiro atoms. The maximum absolute atomic E-state index is 10.4. The molecule has 0 aliphatic carbocycles. The van der Waals surface area contributed by atoms with Gasteiger partial charge in [0, 0.05) is 13.2 Å². The van der Waals surface area contributed by atoms with Gasteiger partial charge < -0.3 is 10.4 Å². The number of fused-ring (bicyclic) bond motifs is 1. The van der Waals surface area contributed by atoms with Crippen molar-refractivity contribution in [3.8, 4) is 0 Å². The second-order valence-corrected chi connectivity index (χ2v) is 2.99. The van der Waals surface area contributed by atoms with Gasteiger partial charge in [0.15, 0.2) is 11.2 Å². The zero-order valence-electron chi connectivity index (χ0n) is 8.01. The van der Waals surface area contributed by atoms with Gasteiger partial charge in [-0.05, 0) is 6.07 Å². The summed E-state index contributed by atoms with van der Waals surface area (Å²) < 4.78 is 1.53. The van der Waals surface area contributed by atoms with Gasteiger partial charge in [0.2, 0.25) is 0 Å². The average molecular weight is 207 g/mol. The van der Waals surface area contributed by atoms with E-state index in [0.29, 0.717) is 16.9 Å². The minimum Gasteiger partial charge on any atom is -0.480 e. The standard InChI is InChI=1S/C8H9N5O2/c1-13-8-7(11-12-13)5(2-3-9-8)10-4-6(14)15/h2-3H,4H2,1H3,(H,9,10)(H,14,15). The van der Waals surface area contributed by atoms with Crippen molar-refractivity contribution in [2.45, 2.75) is 0 Å². The molecule has 15 heavy (non-hydrogen) atoms. The summed E-state index contributed by atoms with van der Waals surface area (Å²) in [4.78, 5) is 14.5. The molecule has 2 aromatic heterocycles. The number of hydrogen-bond donors (Lipinski definition) is 2. The molecule has 0 atom stereocenters. The quantitative estimate of drug-likeness (QED) is 0.727. The molecular weight excluding hydrogens is 198 g/mol. The van der Waals surface area contributed by atoms with Gasteiger partial charge in [0.05, 0.1) is 5.69 Å². The number of nitrogens with zero attached hydrogens (tertiary/aromatic N) is 4. The van der Waals surface area contributed by atoms with Gasteiger partial charge in [-0.25, -0.2) is 9.67 Å². The van der Waals surface area contributed by atoms with Gasteiger partial charge >= 0.3 is 5.97 Å². The first-order valence-corrected chi connectivity index (χ1v) is 4.28. The van der Waals surface area contributed by atoms with Crippen molar-refractivity contribution in [3.63, 3.8) is 0 Å². The van der Waals surface area contributed by atoms with Crippen molar-refractivity contribution in [2.24, 2.45) is 7.05 Å². The van der Waals surface area contributed by atoms with E-state index >= 15 is 0 Å². The number of aliphatic carboxylic acids is 1. The molecular formula is C8H9N5O2. The highest BCUT2D eigenvalue weighted by Crippen LogP contribution is 2.17. The van der Waals surface area contributed by atoms with Gasteiger partial charge in [0.1, 0.15) is 6.54 Å². The largest absolute Gasteiger partial charge is 0.480 e. The summed E-state index contributed by atoms with van der Waals surface area (Å²) in [6, 6.07) is 1.67. The van der Waals surface area contributed by atoms with E-state index in [9.17, 15) is 4.79 Å². The second kappa shape index (κ2) is 3.52. The highest BCUT2D eigenvalue weighted by molar-refractivity contribution is 5.86. The predicted octanol–water partition coefficient (Wildman–Crippen LogP) is -0.140. The molecule has 0 aliphatic heterocycles. The summed E-state index contributed by atoms with van der Waals surface area (Å²) in [5.74, 6) is -0.927. The van der Waals surface area contributed by atoms with Crippen molar-refractivity contribution < 1.29 is 9.90 Å². The van der Waals surface area contributed by atoms with Gasteiger partial charge in [-0.2, -0.15) is 0 Å². The summed E-state index contributed by atoms with van der Waals surface area (Å²) in [6.07, 6.45) is 1.58. The highest BCUT2D eigenvalue weighted by Gasteiger charge is 2.08. The minimum absolute atomic E-state index is 0.157. The highest BCUT2D eigenvalue weighted by atomic mass is 16.4. The molecule has 0 aliphatic rings. The van der Waals surface area contributed by atoms with Crippen LogP contribution in [0.15, 0.2) is 12.3 Å². The van der Waals surface area contributed by atoms with Crippen molar-refractivity contribution in [1.29, 1.82) is 0 Å². The Hall–Kier alpha value is -2.18. The Morgan fingerprint density at radius 3 is 3.20 bits per heavy atom. The van der Waals surface area contributed by atoms with Crippen LogP contribution in [0.25, 0.3) is 11.2 Å². The Morgan fingerprint density at radius 2 is 2.47 bits per heavy atom.